The quantitative estimate of drug-likeness (QED) is 0.303. The minimum atomic E-state index is -0.458. The Morgan fingerprint density at radius 1 is 0.973 bits per heavy atom. The molecule has 2 N–H and O–H groups in total. The van der Waals surface area contributed by atoms with Gasteiger partial charge in [-0.25, -0.2) is 4.98 Å². The van der Waals surface area contributed by atoms with Gasteiger partial charge in [-0.3, -0.25) is 20.4 Å². The van der Waals surface area contributed by atoms with Crippen molar-refractivity contribution in [1.29, 1.82) is 0 Å². The molecule has 37 heavy (non-hydrogen) atoms. The van der Waals surface area contributed by atoms with Crippen LogP contribution in [-0.2, 0) is 11.2 Å². The van der Waals surface area contributed by atoms with Gasteiger partial charge in [0.1, 0.15) is 11.4 Å². The van der Waals surface area contributed by atoms with Crippen LogP contribution in [0.4, 0.5) is 0 Å². The second-order valence-electron chi connectivity index (χ2n) is 8.15. The molecule has 0 saturated heterocycles. The molecule has 0 spiro atoms. The maximum absolute atomic E-state index is 12.9. The van der Waals surface area contributed by atoms with Gasteiger partial charge in [0, 0.05) is 23.8 Å². The molecular formula is C27H23N5O5. The average Bonchev–Trinajstić information content (AvgIpc) is 3.64. The maximum atomic E-state index is 12.9. The Labute approximate surface area is 211 Å². The number of aromatic nitrogens is 3. The normalized spacial score (nSPS) is 10.8. The topological polar surface area (TPSA) is 132 Å². The number of hydrazine groups is 1. The SMILES string of the molecule is COc1ccc(-c2noc(CCCC(=O)NNC(=O)c3cc(-c4ccco4)nc4ccccc34)n2)cc1. The van der Waals surface area contributed by atoms with Crippen molar-refractivity contribution in [2.45, 2.75) is 19.3 Å². The number of para-hydroxylation sites is 1. The van der Waals surface area contributed by atoms with Gasteiger partial charge in [-0.15, -0.1) is 0 Å². The highest BCUT2D eigenvalue weighted by molar-refractivity contribution is 6.07. The Hall–Kier alpha value is -4.99. The molecule has 5 rings (SSSR count). The number of hydrogen-bond acceptors (Lipinski definition) is 8. The predicted molar refractivity (Wildman–Crippen MR) is 134 cm³/mol. The number of ether oxygens (including phenoxy) is 1. The standard InChI is InChI=1S/C27H23N5O5/c1-35-18-13-11-17(12-14-18)26-29-25(37-32-26)10-4-9-24(33)30-31-27(34)20-16-22(23-8-5-15-36-23)28-21-7-3-2-6-19(20)21/h2-3,5-8,11-16H,4,9-10H2,1H3,(H,30,33)(H,31,34). The summed E-state index contributed by atoms with van der Waals surface area (Å²) >= 11 is 0. The summed E-state index contributed by atoms with van der Waals surface area (Å²) in [5.41, 5.74) is 7.29. The molecular weight excluding hydrogens is 474 g/mol. The maximum Gasteiger partial charge on any atom is 0.270 e. The van der Waals surface area contributed by atoms with Crippen LogP contribution in [0.1, 0.15) is 29.1 Å². The number of benzene rings is 2. The van der Waals surface area contributed by atoms with Crippen molar-refractivity contribution in [2.24, 2.45) is 0 Å². The molecule has 2 aromatic carbocycles. The van der Waals surface area contributed by atoms with Crippen molar-refractivity contribution in [3.8, 4) is 28.6 Å². The largest absolute Gasteiger partial charge is 0.497 e. The Bertz CT molecular complexity index is 1530. The molecule has 0 fully saturated rings. The molecule has 5 aromatic rings. The Balaban J connectivity index is 1.16. The monoisotopic (exact) mass is 497 g/mol. The van der Waals surface area contributed by atoms with Gasteiger partial charge in [-0.05, 0) is 55.0 Å². The van der Waals surface area contributed by atoms with Gasteiger partial charge in [0.2, 0.25) is 17.6 Å². The van der Waals surface area contributed by atoms with E-state index >= 15 is 0 Å². The van der Waals surface area contributed by atoms with Gasteiger partial charge < -0.3 is 13.7 Å². The van der Waals surface area contributed by atoms with Crippen molar-refractivity contribution in [2.75, 3.05) is 7.11 Å². The fraction of sp³-hybridized carbons (Fsp3) is 0.148. The molecule has 0 aliphatic rings. The van der Waals surface area contributed by atoms with E-state index in [4.69, 9.17) is 13.7 Å². The van der Waals surface area contributed by atoms with E-state index in [1.54, 1.807) is 37.6 Å². The summed E-state index contributed by atoms with van der Waals surface area (Å²) in [5, 5.41) is 4.65. The van der Waals surface area contributed by atoms with Crippen LogP contribution in [0.2, 0.25) is 0 Å². The van der Waals surface area contributed by atoms with Crippen LogP contribution < -0.4 is 15.6 Å². The predicted octanol–water partition coefficient (Wildman–Crippen LogP) is 4.34. The van der Waals surface area contributed by atoms with Crippen LogP contribution in [-0.4, -0.2) is 34.0 Å². The zero-order valence-corrected chi connectivity index (χ0v) is 19.9. The van der Waals surface area contributed by atoms with Crippen LogP contribution in [0.15, 0.2) is 81.9 Å². The number of nitrogens with one attached hydrogen (secondary N) is 2. The van der Waals surface area contributed by atoms with Gasteiger partial charge in [0.15, 0.2) is 5.76 Å². The van der Waals surface area contributed by atoms with E-state index in [-0.39, 0.29) is 12.3 Å². The summed E-state index contributed by atoms with van der Waals surface area (Å²) in [7, 11) is 1.60. The van der Waals surface area contributed by atoms with Crippen LogP contribution in [0, 0.1) is 0 Å². The number of carbonyl (C=O) groups is 2. The zero-order chi connectivity index (χ0) is 25.6. The van der Waals surface area contributed by atoms with E-state index in [2.05, 4.69) is 26.0 Å². The number of methoxy groups -OCH3 is 1. The van der Waals surface area contributed by atoms with E-state index in [9.17, 15) is 9.59 Å². The number of rotatable bonds is 8. The summed E-state index contributed by atoms with van der Waals surface area (Å²) < 4.78 is 15.9. The van der Waals surface area contributed by atoms with Crippen molar-refractivity contribution in [3.63, 3.8) is 0 Å². The minimum Gasteiger partial charge on any atom is -0.497 e. The Morgan fingerprint density at radius 3 is 2.59 bits per heavy atom. The van der Waals surface area contributed by atoms with Crippen LogP contribution in [0.5, 0.6) is 5.75 Å². The van der Waals surface area contributed by atoms with Crippen molar-refractivity contribution in [3.05, 3.63) is 84.4 Å². The highest BCUT2D eigenvalue weighted by atomic mass is 16.5. The molecule has 0 aliphatic carbocycles. The summed E-state index contributed by atoms with van der Waals surface area (Å²) in [5.74, 6) is 1.37. The van der Waals surface area contributed by atoms with Gasteiger partial charge in [-0.2, -0.15) is 4.98 Å². The highest BCUT2D eigenvalue weighted by Crippen LogP contribution is 2.25. The fourth-order valence-corrected chi connectivity index (χ4v) is 3.78. The Kier molecular flexibility index (Phi) is 6.89. The van der Waals surface area contributed by atoms with E-state index < -0.39 is 5.91 Å². The third-order valence-corrected chi connectivity index (χ3v) is 5.66. The number of nitrogens with zero attached hydrogens (tertiary/aromatic N) is 3. The zero-order valence-electron chi connectivity index (χ0n) is 19.9. The van der Waals surface area contributed by atoms with E-state index in [0.717, 1.165) is 11.3 Å². The van der Waals surface area contributed by atoms with Crippen molar-refractivity contribution >= 4 is 22.7 Å². The molecule has 0 aliphatic heterocycles. The summed E-state index contributed by atoms with van der Waals surface area (Å²) in [6.45, 7) is 0. The molecule has 3 heterocycles. The molecule has 10 nitrogen and oxygen atoms in total. The first-order valence-corrected chi connectivity index (χ1v) is 11.6. The smallest absolute Gasteiger partial charge is 0.270 e. The second-order valence-corrected chi connectivity index (χ2v) is 8.15. The molecule has 3 aromatic heterocycles. The van der Waals surface area contributed by atoms with Crippen LogP contribution in [0.25, 0.3) is 33.7 Å². The van der Waals surface area contributed by atoms with Crippen LogP contribution >= 0.6 is 0 Å². The van der Waals surface area contributed by atoms with E-state index in [1.165, 1.54) is 0 Å². The second kappa shape index (κ2) is 10.7. The first-order valence-electron chi connectivity index (χ1n) is 11.6. The number of fused-ring (bicyclic) bond motifs is 1. The fourth-order valence-electron chi connectivity index (χ4n) is 3.78. The van der Waals surface area contributed by atoms with Crippen LogP contribution in [0.3, 0.4) is 0 Å². The third-order valence-electron chi connectivity index (χ3n) is 5.66. The lowest BCUT2D eigenvalue weighted by molar-refractivity contribution is -0.121. The minimum absolute atomic E-state index is 0.162. The number of aryl methyl sites for hydroxylation is 1. The third kappa shape index (κ3) is 5.48. The number of furan rings is 1. The first kappa shape index (κ1) is 23.7. The average molecular weight is 498 g/mol. The summed E-state index contributed by atoms with van der Waals surface area (Å²) in [6.07, 6.45) is 2.59. The van der Waals surface area contributed by atoms with E-state index in [0.29, 0.717) is 52.5 Å². The van der Waals surface area contributed by atoms with Gasteiger partial charge in [-0.1, -0.05) is 23.4 Å². The number of hydrogen-bond donors (Lipinski definition) is 2. The lowest BCUT2D eigenvalue weighted by Gasteiger charge is -2.10. The Morgan fingerprint density at radius 2 is 1.81 bits per heavy atom. The van der Waals surface area contributed by atoms with E-state index in [1.807, 2.05) is 42.5 Å². The highest BCUT2D eigenvalue weighted by Gasteiger charge is 2.16. The van der Waals surface area contributed by atoms with Gasteiger partial charge in [0.25, 0.3) is 5.91 Å². The molecule has 0 unspecified atom stereocenters. The summed E-state index contributed by atoms with van der Waals surface area (Å²) in [4.78, 5) is 34.2. The molecule has 186 valence electrons. The lowest BCUT2D eigenvalue weighted by Crippen LogP contribution is -2.41. The number of carbonyl (C=O) groups excluding carboxylic acids is 2. The summed E-state index contributed by atoms with van der Waals surface area (Å²) in [6, 6.07) is 19.7. The molecule has 0 atom stereocenters. The number of pyridine rings is 1. The lowest BCUT2D eigenvalue weighted by atomic mass is 10.1. The molecule has 10 heteroatoms. The van der Waals surface area contributed by atoms with Gasteiger partial charge >= 0.3 is 0 Å². The van der Waals surface area contributed by atoms with Crippen molar-refractivity contribution in [1.82, 2.24) is 26.0 Å². The molecule has 0 saturated carbocycles. The van der Waals surface area contributed by atoms with Gasteiger partial charge in [0.05, 0.1) is 24.5 Å². The number of amides is 2. The van der Waals surface area contributed by atoms with Crippen molar-refractivity contribution < 1.29 is 23.3 Å². The molecule has 2 amide bonds. The molecule has 0 radical (unpaired) electrons. The molecule has 0 bridgehead atoms. The first-order chi connectivity index (χ1) is 18.1.